The number of likely N-dealkylation sites (N-methyl/N-ethyl adjacent to an activating group) is 1. The highest BCUT2D eigenvalue weighted by Gasteiger charge is 2.30. The van der Waals surface area contributed by atoms with Crippen molar-refractivity contribution in [3.05, 3.63) is 41.6 Å². The predicted octanol–water partition coefficient (Wildman–Crippen LogP) is 2.38. The molecule has 0 radical (unpaired) electrons. The molecule has 0 aliphatic carbocycles. The van der Waals surface area contributed by atoms with Gasteiger partial charge in [-0.1, -0.05) is 12.1 Å². The number of carbonyl (C=O) groups is 2. The van der Waals surface area contributed by atoms with Crippen molar-refractivity contribution in [3.63, 3.8) is 0 Å². The number of urea groups is 1. The molecule has 1 N–H and O–H groups in total. The van der Waals surface area contributed by atoms with Crippen molar-refractivity contribution in [2.45, 2.75) is 0 Å². The van der Waals surface area contributed by atoms with Gasteiger partial charge in [-0.25, -0.2) is 4.79 Å². The molecule has 0 unspecified atom stereocenters. The summed E-state index contributed by atoms with van der Waals surface area (Å²) in [5.41, 5.74) is 0.925. The molecule has 6 nitrogen and oxygen atoms in total. The fourth-order valence-electron chi connectivity index (χ4n) is 2.52. The van der Waals surface area contributed by atoms with E-state index in [2.05, 4.69) is 5.32 Å². The summed E-state index contributed by atoms with van der Waals surface area (Å²) in [6.45, 7) is 0. The van der Waals surface area contributed by atoms with Crippen LogP contribution in [0.1, 0.15) is 5.56 Å². The zero-order valence-electron chi connectivity index (χ0n) is 13.0. The smallest absolute Gasteiger partial charge is 0.328 e. The molecule has 0 atom stereocenters. The summed E-state index contributed by atoms with van der Waals surface area (Å²) in [7, 11) is 4.58. The zero-order valence-corrected chi connectivity index (χ0v) is 13.0. The Hall–Kier alpha value is -3.02. The summed E-state index contributed by atoms with van der Waals surface area (Å²) in [6, 6.07) is 8.97. The summed E-state index contributed by atoms with van der Waals surface area (Å²) < 4.78 is 10.7. The summed E-state index contributed by atoms with van der Waals surface area (Å²) in [4.78, 5) is 24.7. The van der Waals surface area contributed by atoms with Crippen molar-refractivity contribution < 1.29 is 19.1 Å². The average molecular weight is 312 g/mol. The van der Waals surface area contributed by atoms with Gasteiger partial charge in [-0.05, 0) is 35.0 Å². The highest BCUT2D eigenvalue weighted by Crippen LogP contribution is 2.32. The molecule has 0 aromatic heterocycles. The number of fused-ring (bicyclic) bond motifs is 1. The summed E-state index contributed by atoms with van der Waals surface area (Å²) in [5, 5.41) is 4.40. The number of hydrogen-bond acceptors (Lipinski definition) is 4. The first-order valence-corrected chi connectivity index (χ1v) is 7.00. The van der Waals surface area contributed by atoms with Crippen molar-refractivity contribution in [1.29, 1.82) is 0 Å². The number of rotatable bonds is 3. The van der Waals surface area contributed by atoms with Crippen LogP contribution < -0.4 is 14.8 Å². The van der Waals surface area contributed by atoms with Crippen LogP contribution in [0.3, 0.4) is 0 Å². The number of benzene rings is 2. The van der Waals surface area contributed by atoms with Crippen molar-refractivity contribution in [3.8, 4) is 11.5 Å². The second-order valence-electron chi connectivity index (χ2n) is 5.12. The molecule has 1 fully saturated rings. The standard InChI is InChI=1S/C17H16N2O4/c1-19-16(20)14(18-17(19)21)9-13-12-8-11(22-2)6-4-10(12)5-7-15(13)23-3/h4-9H,1-3H3,(H,18,21)/b14-9+. The zero-order chi connectivity index (χ0) is 16.6. The maximum absolute atomic E-state index is 12.1. The minimum absolute atomic E-state index is 0.214. The number of nitrogens with zero attached hydrogens (tertiary/aromatic N) is 1. The first kappa shape index (κ1) is 14.9. The Balaban J connectivity index is 2.22. The summed E-state index contributed by atoms with van der Waals surface area (Å²) >= 11 is 0. The molecule has 118 valence electrons. The number of methoxy groups -OCH3 is 2. The first-order valence-electron chi connectivity index (χ1n) is 7.00. The van der Waals surface area contributed by atoms with Crippen LogP contribution in [0.5, 0.6) is 11.5 Å². The number of imide groups is 1. The Bertz CT molecular complexity index is 837. The second-order valence-corrected chi connectivity index (χ2v) is 5.12. The summed E-state index contributed by atoms with van der Waals surface area (Å²) in [6.07, 6.45) is 1.63. The van der Waals surface area contributed by atoms with Crippen LogP contribution in [0.25, 0.3) is 16.8 Å². The van der Waals surface area contributed by atoms with E-state index in [0.717, 1.165) is 15.7 Å². The van der Waals surface area contributed by atoms with Gasteiger partial charge in [0, 0.05) is 12.6 Å². The highest BCUT2D eigenvalue weighted by molar-refractivity contribution is 6.14. The van der Waals surface area contributed by atoms with Crippen LogP contribution in [0.2, 0.25) is 0 Å². The number of nitrogens with one attached hydrogen (secondary N) is 1. The van der Waals surface area contributed by atoms with Crippen LogP contribution in [-0.2, 0) is 4.79 Å². The Morgan fingerprint density at radius 3 is 2.43 bits per heavy atom. The van der Waals surface area contributed by atoms with Gasteiger partial charge in [-0.3, -0.25) is 9.69 Å². The minimum atomic E-state index is -0.446. The molecule has 0 saturated carbocycles. The quantitative estimate of drug-likeness (QED) is 0.698. The van der Waals surface area contributed by atoms with Crippen molar-refractivity contribution >= 4 is 28.8 Å². The van der Waals surface area contributed by atoms with E-state index < -0.39 is 6.03 Å². The molecule has 6 heteroatoms. The van der Waals surface area contributed by atoms with Gasteiger partial charge in [-0.15, -0.1) is 0 Å². The van der Waals surface area contributed by atoms with Gasteiger partial charge in [0.05, 0.1) is 14.2 Å². The predicted molar refractivity (Wildman–Crippen MR) is 86.3 cm³/mol. The van der Waals surface area contributed by atoms with Crippen LogP contribution in [-0.4, -0.2) is 38.1 Å². The third-order valence-electron chi connectivity index (χ3n) is 3.82. The number of carbonyl (C=O) groups excluding carboxylic acids is 2. The van der Waals surface area contributed by atoms with Gasteiger partial charge >= 0.3 is 6.03 Å². The molecule has 0 spiro atoms. The molecule has 3 amide bonds. The van der Waals surface area contributed by atoms with Gasteiger partial charge in [0.15, 0.2) is 0 Å². The van der Waals surface area contributed by atoms with E-state index in [1.165, 1.54) is 7.05 Å². The lowest BCUT2D eigenvalue weighted by molar-refractivity contribution is -0.121. The van der Waals surface area contributed by atoms with Gasteiger partial charge in [0.2, 0.25) is 0 Å². The van der Waals surface area contributed by atoms with Crippen LogP contribution in [0.4, 0.5) is 4.79 Å². The number of ether oxygens (including phenoxy) is 2. The van der Waals surface area contributed by atoms with Crippen LogP contribution >= 0.6 is 0 Å². The molecule has 2 aromatic carbocycles. The third kappa shape index (κ3) is 2.48. The molecule has 3 rings (SSSR count). The Labute approximate surface area is 133 Å². The summed E-state index contributed by atoms with van der Waals surface area (Å²) in [5.74, 6) is 0.927. The lowest BCUT2D eigenvalue weighted by Gasteiger charge is -2.11. The van der Waals surface area contributed by atoms with Crippen LogP contribution in [0.15, 0.2) is 36.0 Å². The Kier molecular flexibility index (Phi) is 3.65. The molecular formula is C17H16N2O4. The SMILES string of the molecule is COc1ccc2ccc(OC)c(/C=C3/NC(=O)N(C)C3=O)c2c1. The van der Waals surface area contributed by atoms with Gasteiger partial charge in [-0.2, -0.15) is 0 Å². The largest absolute Gasteiger partial charge is 0.497 e. The molecule has 23 heavy (non-hydrogen) atoms. The van der Waals surface area contributed by atoms with Gasteiger partial charge in [0.1, 0.15) is 17.2 Å². The van der Waals surface area contributed by atoms with E-state index >= 15 is 0 Å². The molecule has 1 saturated heterocycles. The fourth-order valence-corrected chi connectivity index (χ4v) is 2.52. The monoisotopic (exact) mass is 312 g/mol. The molecule has 1 aliphatic rings. The Morgan fingerprint density at radius 2 is 1.83 bits per heavy atom. The van der Waals surface area contributed by atoms with E-state index in [1.807, 2.05) is 30.3 Å². The van der Waals surface area contributed by atoms with E-state index in [9.17, 15) is 9.59 Å². The topological polar surface area (TPSA) is 67.9 Å². The van der Waals surface area contributed by atoms with Crippen molar-refractivity contribution in [2.75, 3.05) is 21.3 Å². The number of amides is 3. The normalized spacial score (nSPS) is 16.1. The molecule has 2 aromatic rings. The molecular weight excluding hydrogens is 296 g/mol. The molecule has 0 bridgehead atoms. The number of hydrogen-bond donors (Lipinski definition) is 1. The maximum Gasteiger partial charge on any atom is 0.328 e. The van der Waals surface area contributed by atoms with E-state index in [4.69, 9.17) is 9.47 Å². The Morgan fingerprint density at radius 1 is 1.09 bits per heavy atom. The van der Waals surface area contributed by atoms with Gasteiger partial charge in [0.25, 0.3) is 5.91 Å². The van der Waals surface area contributed by atoms with E-state index in [1.54, 1.807) is 20.3 Å². The van der Waals surface area contributed by atoms with Crippen molar-refractivity contribution in [2.24, 2.45) is 0 Å². The third-order valence-corrected chi connectivity index (χ3v) is 3.82. The lowest BCUT2D eigenvalue weighted by atomic mass is 10.0. The fraction of sp³-hybridized carbons (Fsp3) is 0.176. The second kappa shape index (κ2) is 5.64. The van der Waals surface area contributed by atoms with Gasteiger partial charge < -0.3 is 14.8 Å². The van der Waals surface area contributed by atoms with E-state index in [0.29, 0.717) is 17.1 Å². The maximum atomic E-state index is 12.1. The average Bonchev–Trinajstić information content (AvgIpc) is 2.81. The lowest BCUT2D eigenvalue weighted by Crippen LogP contribution is -2.25. The minimum Gasteiger partial charge on any atom is -0.497 e. The van der Waals surface area contributed by atoms with E-state index in [-0.39, 0.29) is 11.6 Å². The molecule has 1 heterocycles. The molecule has 1 aliphatic heterocycles. The van der Waals surface area contributed by atoms with Crippen molar-refractivity contribution in [1.82, 2.24) is 10.2 Å². The highest BCUT2D eigenvalue weighted by atomic mass is 16.5. The first-order chi connectivity index (χ1) is 11.0. The van der Waals surface area contributed by atoms with Crippen LogP contribution in [0, 0.1) is 0 Å².